The van der Waals surface area contributed by atoms with Crippen LogP contribution in [-0.4, -0.2) is 31.8 Å². The molecule has 1 heterocycles. The second kappa shape index (κ2) is 7.38. The van der Waals surface area contributed by atoms with Crippen LogP contribution < -0.4 is 15.4 Å². The minimum Gasteiger partial charge on any atom is -0.487 e. The molecule has 2 amide bonds. The van der Waals surface area contributed by atoms with Crippen molar-refractivity contribution in [2.24, 2.45) is 0 Å². The number of benzene rings is 1. The summed E-state index contributed by atoms with van der Waals surface area (Å²) >= 11 is 11.8. The molecule has 1 aliphatic heterocycles. The molecular weight excluding hydrogens is 331 g/mol. The summed E-state index contributed by atoms with van der Waals surface area (Å²) in [6.45, 7) is 2.02. The van der Waals surface area contributed by atoms with Gasteiger partial charge in [0.05, 0.1) is 24.4 Å². The van der Waals surface area contributed by atoms with Gasteiger partial charge in [0.2, 0.25) is 0 Å². The Morgan fingerprint density at radius 1 is 1.27 bits per heavy atom. The molecule has 0 unspecified atom stereocenters. The predicted octanol–water partition coefficient (Wildman–Crippen LogP) is 2.50. The van der Waals surface area contributed by atoms with Crippen LogP contribution in [0.4, 0.5) is 4.79 Å². The molecule has 0 atom stereocenters. The molecule has 118 valence electrons. The van der Waals surface area contributed by atoms with Crippen LogP contribution in [0.25, 0.3) is 0 Å². The van der Waals surface area contributed by atoms with E-state index in [1.54, 1.807) is 25.1 Å². The van der Waals surface area contributed by atoms with E-state index in [0.717, 1.165) is 0 Å². The maximum Gasteiger partial charge on any atom is 0.337 e. The molecule has 0 aliphatic carbocycles. The van der Waals surface area contributed by atoms with Crippen LogP contribution in [0.15, 0.2) is 29.5 Å². The van der Waals surface area contributed by atoms with Crippen LogP contribution in [0.3, 0.4) is 0 Å². The minimum absolute atomic E-state index is 0.0156. The number of nitrogens with one attached hydrogen (secondary N) is 2. The standard InChI is InChI=1S/C14H14Cl2N2O4/c1-2-21-13(19)11-6-17-14(20)18-12(11)7-22-10-4-8(15)3-9(16)5-10/h3-5H,2,6-7H2,1H3,(H2,17,18,20). The molecule has 1 aliphatic rings. The van der Waals surface area contributed by atoms with E-state index in [1.807, 2.05) is 0 Å². The SMILES string of the molecule is CCOC(=O)C1=C(COc2cc(Cl)cc(Cl)c2)NC(=O)NC1. The molecule has 0 saturated heterocycles. The number of carbonyl (C=O) groups excluding carboxylic acids is 2. The highest BCUT2D eigenvalue weighted by Gasteiger charge is 2.24. The molecule has 1 aromatic rings. The van der Waals surface area contributed by atoms with Gasteiger partial charge in [0.25, 0.3) is 0 Å². The van der Waals surface area contributed by atoms with Crippen molar-refractivity contribution in [3.05, 3.63) is 39.5 Å². The number of hydrogen-bond donors (Lipinski definition) is 2. The summed E-state index contributed by atoms with van der Waals surface area (Å²) in [6.07, 6.45) is 0. The van der Waals surface area contributed by atoms with Gasteiger partial charge in [0.15, 0.2) is 0 Å². The first kappa shape index (κ1) is 16.5. The molecule has 22 heavy (non-hydrogen) atoms. The summed E-state index contributed by atoms with van der Waals surface area (Å²) in [5.41, 5.74) is 0.660. The number of halogens is 2. The smallest absolute Gasteiger partial charge is 0.337 e. The van der Waals surface area contributed by atoms with E-state index in [1.165, 1.54) is 0 Å². The molecule has 0 bridgehead atoms. The van der Waals surface area contributed by atoms with E-state index in [0.29, 0.717) is 27.1 Å². The Kier molecular flexibility index (Phi) is 5.51. The lowest BCUT2D eigenvalue weighted by molar-refractivity contribution is -0.138. The van der Waals surface area contributed by atoms with Gasteiger partial charge in [-0.1, -0.05) is 23.2 Å². The van der Waals surface area contributed by atoms with Gasteiger partial charge >= 0.3 is 12.0 Å². The first-order valence-electron chi connectivity index (χ1n) is 6.52. The van der Waals surface area contributed by atoms with Gasteiger partial charge in [-0.05, 0) is 25.1 Å². The van der Waals surface area contributed by atoms with E-state index in [2.05, 4.69) is 10.6 Å². The first-order chi connectivity index (χ1) is 10.5. The predicted molar refractivity (Wildman–Crippen MR) is 82.2 cm³/mol. The number of urea groups is 1. The third kappa shape index (κ3) is 4.29. The Bertz CT molecular complexity index is 611. The topological polar surface area (TPSA) is 76.7 Å². The highest BCUT2D eigenvalue weighted by atomic mass is 35.5. The molecule has 0 fully saturated rings. The highest BCUT2D eigenvalue weighted by molar-refractivity contribution is 6.34. The van der Waals surface area contributed by atoms with Crippen LogP contribution in [0.1, 0.15) is 6.92 Å². The van der Waals surface area contributed by atoms with Crippen molar-refractivity contribution >= 4 is 35.2 Å². The molecule has 2 rings (SSSR count). The van der Waals surface area contributed by atoms with E-state index in [4.69, 9.17) is 32.7 Å². The van der Waals surface area contributed by atoms with Gasteiger partial charge in [0.1, 0.15) is 12.4 Å². The summed E-state index contributed by atoms with van der Waals surface area (Å²) in [5.74, 6) is -0.0706. The van der Waals surface area contributed by atoms with E-state index in [-0.39, 0.29) is 19.8 Å². The molecule has 0 spiro atoms. The number of amides is 2. The van der Waals surface area contributed by atoms with Crippen LogP contribution in [0, 0.1) is 0 Å². The van der Waals surface area contributed by atoms with Crippen molar-refractivity contribution < 1.29 is 19.1 Å². The largest absolute Gasteiger partial charge is 0.487 e. The average molecular weight is 345 g/mol. The van der Waals surface area contributed by atoms with Gasteiger partial charge in [-0.2, -0.15) is 0 Å². The zero-order valence-electron chi connectivity index (χ0n) is 11.7. The van der Waals surface area contributed by atoms with E-state index < -0.39 is 12.0 Å². The Morgan fingerprint density at radius 3 is 2.59 bits per heavy atom. The molecule has 1 aromatic carbocycles. The van der Waals surface area contributed by atoms with Gasteiger partial charge in [-0.25, -0.2) is 9.59 Å². The van der Waals surface area contributed by atoms with Crippen molar-refractivity contribution in [2.45, 2.75) is 6.92 Å². The number of carbonyl (C=O) groups is 2. The second-order valence-corrected chi connectivity index (χ2v) is 5.25. The maximum atomic E-state index is 11.9. The summed E-state index contributed by atoms with van der Waals surface area (Å²) in [5, 5.41) is 5.91. The van der Waals surface area contributed by atoms with Crippen molar-refractivity contribution in [2.75, 3.05) is 19.8 Å². The molecular formula is C14H14Cl2N2O4. The Balaban J connectivity index is 2.15. The molecule has 8 heteroatoms. The summed E-state index contributed by atoms with van der Waals surface area (Å²) in [6, 6.07) is 4.34. The van der Waals surface area contributed by atoms with Gasteiger partial charge in [0, 0.05) is 10.0 Å². The molecule has 0 aromatic heterocycles. The van der Waals surface area contributed by atoms with Gasteiger partial charge in [-0.15, -0.1) is 0 Å². The van der Waals surface area contributed by atoms with Crippen LogP contribution >= 0.6 is 23.2 Å². The van der Waals surface area contributed by atoms with Crippen molar-refractivity contribution in [1.29, 1.82) is 0 Å². The first-order valence-corrected chi connectivity index (χ1v) is 7.28. The summed E-state index contributed by atoms with van der Waals surface area (Å²) in [7, 11) is 0. The molecule has 0 saturated carbocycles. The van der Waals surface area contributed by atoms with Gasteiger partial charge < -0.3 is 20.1 Å². The summed E-state index contributed by atoms with van der Waals surface area (Å²) < 4.78 is 10.5. The zero-order valence-corrected chi connectivity index (χ0v) is 13.3. The molecule has 0 radical (unpaired) electrons. The number of ether oxygens (including phenoxy) is 2. The Hall–Kier alpha value is -1.92. The maximum absolute atomic E-state index is 11.9. The number of rotatable bonds is 5. The Morgan fingerprint density at radius 2 is 1.95 bits per heavy atom. The lowest BCUT2D eigenvalue weighted by Gasteiger charge is -2.21. The van der Waals surface area contributed by atoms with Crippen molar-refractivity contribution in [3.63, 3.8) is 0 Å². The quantitative estimate of drug-likeness (QED) is 0.804. The lowest BCUT2D eigenvalue weighted by atomic mass is 10.1. The number of hydrogen-bond acceptors (Lipinski definition) is 4. The third-order valence-corrected chi connectivity index (χ3v) is 3.23. The number of esters is 1. The van der Waals surface area contributed by atoms with Crippen LogP contribution in [-0.2, 0) is 9.53 Å². The summed E-state index contributed by atoms with van der Waals surface area (Å²) in [4.78, 5) is 23.3. The van der Waals surface area contributed by atoms with E-state index >= 15 is 0 Å². The molecule has 2 N–H and O–H groups in total. The normalized spacial score (nSPS) is 14.2. The zero-order chi connectivity index (χ0) is 16.1. The monoisotopic (exact) mass is 344 g/mol. The fourth-order valence-corrected chi connectivity index (χ4v) is 2.34. The van der Waals surface area contributed by atoms with Crippen LogP contribution in [0.2, 0.25) is 10.0 Å². The van der Waals surface area contributed by atoms with E-state index in [9.17, 15) is 9.59 Å². The Labute approximate surface area is 137 Å². The van der Waals surface area contributed by atoms with Crippen LogP contribution in [0.5, 0.6) is 5.75 Å². The molecule has 6 nitrogen and oxygen atoms in total. The second-order valence-electron chi connectivity index (χ2n) is 4.38. The minimum atomic E-state index is -0.502. The average Bonchev–Trinajstić information content (AvgIpc) is 2.44. The van der Waals surface area contributed by atoms with Crippen molar-refractivity contribution in [3.8, 4) is 5.75 Å². The lowest BCUT2D eigenvalue weighted by Crippen LogP contribution is -2.45. The fraction of sp³-hybridized carbons (Fsp3) is 0.286. The highest BCUT2D eigenvalue weighted by Crippen LogP contribution is 2.24. The fourth-order valence-electron chi connectivity index (χ4n) is 1.84. The third-order valence-electron chi connectivity index (χ3n) is 2.80. The van der Waals surface area contributed by atoms with Crippen molar-refractivity contribution in [1.82, 2.24) is 10.6 Å². The van der Waals surface area contributed by atoms with Gasteiger partial charge in [-0.3, -0.25) is 0 Å².